The Hall–Kier alpha value is -2.77. The van der Waals surface area contributed by atoms with Gasteiger partial charge in [0, 0.05) is 5.69 Å². The standard InChI is InChI=1S/C16H22N4O4/c1-4-8(2)13(20-16(17)23)15(22)18-10-5-6-12-11(7-10)19-14(21)9(3)24-12/h5-9,13H,4H2,1-3H3,(H,18,22)(H,19,21)(H3,17,20,23)/t8-,9+,13-/m0/s1. The van der Waals surface area contributed by atoms with Gasteiger partial charge in [0.2, 0.25) is 5.91 Å². The van der Waals surface area contributed by atoms with E-state index >= 15 is 0 Å². The van der Waals surface area contributed by atoms with Crippen LogP contribution < -0.4 is 26.4 Å². The Morgan fingerprint density at radius 3 is 2.75 bits per heavy atom. The Morgan fingerprint density at radius 1 is 1.42 bits per heavy atom. The first-order valence-electron chi connectivity index (χ1n) is 7.80. The second-order valence-electron chi connectivity index (χ2n) is 5.82. The Morgan fingerprint density at radius 2 is 2.12 bits per heavy atom. The molecule has 130 valence electrons. The minimum atomic E-state index is -0.754. The molecule has 4 amide bonds. The van der Waals surface area contributed by atoms with Crippen LogP contribution in [0.15, 0.2) is 18.2 Å². The van der Waals surface area contributed by atoms with E-state index in [1.54, 1.807) is 25.1 Å². The molecule has 8 nitrogen and oxygen atoms in total. The maximum Gasteiger partial charge on any atom is 0.312 e. The Labute approximate surface area is 140 Å². The molecule has 1 aromatic rings. The normalized spacial score (nSPS) is 18.5. The summed E-state index contributed by atoms with van der Waals surface area (Å²) in [7, 11) is 0. The van der Waals surface area contributed by atoms with E-state index < -0.39 is 18.2 Å². The van der Waals surface area contributed by atoms with E-state index in [1.165, 1.54) is 0 Å². The molecule has 3 atom stereocenters. The zero-order valence-electron chi connectivity index (χ0n) is 13.9. The van der Waals surface area contributed by atoms with Gasteiger partial charge in [-0.25, -0.2) is 4.79 Å². The summed E-state index contributed by atoms with van der Waals surface area (Å²) < 4.78 is 5.46. The third kappa shape index (κ3) is 3.95. The summed E-state index contributed by atoms with van der Waals surface area (Å²) in [6, 6.07) is 3.44. The Bertz CT molecular complexity index is 661. The van der Waals surface area contributed by atoms with E-state index in [9.17, 15) is 14.4 Å². The summed E-state index contributed by atoms with van der Waals surface area (Å²) in [6.45, 7) is 5.42. The molecular formula is C16H22N4O4. The van der Waals surface area contributed by atoms with Crippen molar-refractivity contribution in [3.05, 3.63) is 18.2 Å². The second kappa shape index (κ2) is 7.20. The van der Waals surface area contributed by atoms with E-state index in [0.29, 0.717) is 23.5 Å². The number of rotatable bonds is 5. The van der Waals surface area contributed by atoms with E-state index in [4.69, 9.17) is 10.5 Å². The highest BCUT2D eigenvalue weighted by atomic mass is 16.5. The quantitative estimate of drug-likeness (QED) is 0.650. The molecule has 0 radical (unpaired) electrons. The van der Waals surface area contributed by atoms with Gasteiger partial charge in [0.15, 0.2) is 6.10 Å². The highest BCUT2D eigenvalue weighted by Gasteiger charge is 2.27. The van der Waals surface area contributed by atoms with Gasteiger partial charge in [-0.2, -0.15) is 0 Å². The zero-order valence-corrected chi connectivity index (χ0v) is 13.9. The van der Waals surface area contributed by atoms with Crippen LogP contribution in [0.3, 0.4) is 0 Å². The maximum atomic E-state index is 12.4. The van der Waals surface area contributed by atoms with Crippen LogP contribution in [0, 0.1) is 5.92 Å². The highest BCUT2D eigenvalue weighted by Crippen LogP contribution is 2.32. The predicted octanol–water partition coefficient (Wildman–Crippen LogP) is 1.43. The van der Waals surface area contributed by atoms with Gasteiger partial charge in [0.25, 0.3) is 5.91 Å². The van der Waals surface area contributed by atoms with E-state index in [2.05, 4.69) is 16.0 Å². The number of fused-ring (bicyclic) bond motifs is 1. The van der Waals surface area contributed by atoms with Gasteiger partial charge in [-0.15, -0.1) is 0 Å². The molecule has 8 heteroatoms. The van der Waals surface area contributed by atoms with Gasteiger partial charge in [0.05, 0.1) is 5.69 Å². The molecule has 0 unspecified atom stereocenters. The van der Waals surface area contributed by atoms with Crippen molar-refractivity contribution in [3.8, 4) is 5.75 Å². The number of primary amides is 1. The summed E-state index contributed by atoms with van der Waals surface area (Å²) in [5.41, 5.74) is 6.11. The van der Waals surface area contributed by atoms with Crippen LogP contribution in [0.25, 0.3) is 0 Å². The first kappa shape index (κ1) is 17.6. The molecule has 0 aliphatic carbocycles. The number of benzene rings is 1. The monoisotopic (exact) mass is 334 g/mol. The number of ether oxygens (including phenoxy) is 1. The van der Waals surface area contributed by atoms with Crippen LogP contribution in [-0.4, -0.2) is 30.0 Å². The Kier molecular flexibility index (Phi) is 5.28. The molecule has 0 bridgehead atoms. The number of hydrogen-bond donors (Lipinski definition) is 4. The molecule has 1 heterocycles. The number of nitrogens with one attached hydrogen (secondary N) is 3. The van der Waals surface area contributed by atoms with Crippen LogP contribution in [0.2, 0.25) is 0 Å². The molecule has 0 spiro atoms. The lowest BCUT2D eigenvalue weighted by Gasteiger charge is -2.25. The molecule has 1 aromatic carbocycles. The Balaban J connectivity index is 2.15. The molecular weight excluding hydrogens is 312 g/mol. The number of nitrogens with two attached hydrogens (primary N) is 1. The first-order chi connectivity index (χ1) is 11.3. The fraction of sp³-hybridized carbons (Fsp3) is 0.438. The van der Waals surface area contributed by atoms with Crippen molar-refractivity contribution in [1.82, 2.24) is 5.32 Å². The number of amides is 4. The molecule has 1 aliphatic rings. The molecule has 0 aromatic heterocycles. The average molecular weight is 334 g/mol. The second-order valence-corrected chi connectivity index (χ2v) is 5.82. The lowest BCUT2D eigenvalue weighted by atomic mass is 9.98. The summed E-state index contributed by atoms with van der Waals surface area (Å²) >= 11 is 0. The minimum Gasteiger partial charge on any atom is -0.479 e. The van der Waals surface area contributed by atoms with Crippen molar-refractivity contribution < 1.29 is 19.1 Å². The number of urea groups is 1. The molecule has 0 saturated carbocycles. The molecule has 0 saturated heterocycles. The van der Waals surface area contributed by atoms with Gasteiger partial charge < -0.3 is 26.4 Å². The van der Waals surface area contributed by atoms with Crippen LogP contribution in [0.4, 0.5) is 16.2 Å². The van der Waals surface area contributed by atoms with Crippen LogP contribution in [0.5, 0.6) is 5.75 Å². The van der Waals surface area contributed by atoms with Crippen molar-refractivity contribution in [2.75, 3.05) is 10.6 Å². The fourth-order valence-electron chi connectivity index (χ4n) is 2.36. The molecule has 0 fully saturated rings. The van der Waals surface area contributed by atoms with Gasteiger partial charge in [0.1, 0.15) is 11.8 Å². The molecule has 5 N–H and O–H groups in total. The van der Waals surface area contributed by atoms with Crippen LogP contribution >= 0.6 is 0 Å². The predicted molar refractivity (Wildman–Crippen MR) is 89.8 cm³/mol. The molecule has 24 heavy (non-hydrogen) atoms. The highest BCUT2D eigenvalue weighted by molar-refractivity contribution is 6.00. The third-order valence-corrected chi connectivity index (χ3v) is 3.97. The topological polar surface area (TPSA) is 123 Å². The van der Waals surface area contributed by atoms with E-state index in [-0.39, 0.29) is 17.7 Å². The van der Waals surface area contributed by atoms with E-state index in [0.717, 1.165) is 0 Å². The number of carbonyl (C=O) groups is 3. The smallest absolute Gasteiger partial charge is 0.312 e. The summed E-state index contributed by atoms with van der Waals surface area (Å²) in [5.74, 6) is -0.175. The lowest BCUT2D eigenvalue weighted by Crippen LogP contribution is -2.49. The van der Waals surface area contributed by atoms with Gasteiger partial charge in [-0.3, -0.25) is 9.59 Å². The first-order valence-corrected chi connectivity index (χ1v) is 7.80. The number of anilines is 2. The lowest BCUT2D eigenvalue weighted by molar-refractivity contribution is -0.122. The zero-order chi connectivity index (χ0) is 17.9. The van der Waals surface area contributed by atoms with Crippen molar-refractivity contribution in [3.63, 3.8) is 0 Å². The van der Waals surface area contributed by atoms with E-state index in [1.807, 2.05) is 13.8 Å². The fourth-order valence-corrected chi connectivity index (χ4v) is 2.36. The van der Waals surface area contributed by atoms with Crippen molar-refractivity contribution >= 4 is 29.2 Å². The van der Waals surface area contributed by atoms with Crippen molar-refractivity contribution in [1.29, 1.82) is 0 Å². The van der Waals surface area contributed by atoms with Crippen molar-refractivity contribution in [2.24, 2.45) is 11.7 Å². The van der Waals surface area contributed by atoms with Crippen LogP contribution in [-0.2, 0) is 9.59 Å². The number of hydrogen-bond acceptors (Lipinski definition) is 4. The maximum absolute atomic E-state index is 12.4. The summed E-state index contributed by atoms with van der Waals surface area (Å²) in [6.07, 6.45) is 0.136. The third-order valence-electron chi connectivity index (χ3n) is 3.97. The molecule has 2 rings (SSSR count). The minimum absolute atomic E-state index is 0.0842. The van der Waals surface area contributed by atoms with Gasteiger partial charge >= 0.3 is 6.03 Å². The van der Waals surface area contributed by atoms with Crippen LogP contribution in [0.1, 0.15) is 27.2 Å². The van der Waals surface area contributed by atoms with Crippen molar-refractivity contribution in [2.45, 2.75) is 39.3 Å². The van der Waals surface area contributed by atoms with Gasteiger partial charge in [-0.1, -0.05) is 20.3 Å². The summed E-state index contributed by atoms with van der Waals surface area (Å²) in [4.78, 5) is 35.2. The SMILES string of the molecule is CC[C@H](C)[C@H](NC(N)=O)C(=O)Nc1ccc2c(c1)NC(=O)[C@@H](C)O2. The average Bonchev–Trinajstić information content (AvgIpc) is 2.53. The largest absolute Gasteiger partial charge is 0.479 e. The molecule has 1 aliphatic heterocycles. The van der Waals surface area contributed by atoms with Gasteiger partial charge in [-0.05, 0) is 31.0 Å². The number of carbonyl (C=O) groups excluding carboxylic acids is 3. The summed E-state index contributed by atoms with van der Waals surface area (Å²) in [5, 5.41) is 7.89.